The Morgan fingerprint density at radius 2 is 1.81 bits per heavy atom. The summed E-state index contributed by atoms with van der Waals surface area (Å²) in [7, 11) is 3.93. The number of carbonyl (C=O) groups excluding carboxylic acids is 1. The molecular formula is C24H34IN5O. The van der Waals surface area contributed by atoms with Crippen molar-refractivity contribution in [3.8, 4) is 0 Å². The number of nitrogens with zero attached hydrogens (tertiary/aromatic N) is 3. The summed E-state index contributed by atoms with van der Waals surface area (Å²) in [6.45, 7) is 5.44. The van der Waals surface area contributed by atoms with Crippen molar-refractivity contribution >= 4 is 41.5 Å². The summed E-state index contributed by atoms with van der Waals surface area (Å²) in [6.07, 6.45) is 1.60. The molecule has 0 radical (unpaired) electrons. The lowest BCUT2D eigenvalue weighted by Crippen LogP contribution is -2.44. The standard InChI is InChI=1S/C24H33N5O.HI/c1-19(28(3)18-21-8-5-4-6-9-21)16-26-24(25-2)27-17-20-11-13-22(14-12-20)29-15-7-10-23(29)30;/h4-6,8-9,11-14,19H,7,10,15-18H2,1-3H3,(H2,25,26,27);1H. The van der Waals surface area contributed by atoms with E-state index < -0.39 is 0 Å². The van der Waals surface area contributed by atoms with E-state index in [9.17, 15) is 4.79 Å². The molecule has 2 N–H and O–H groups in total. The molecule has 0 saturated carbocycles. The maximum absolute atomic E-state index is 11.9. The third-order valence-electron chi connectivity index (χ3n) is 5.60. The molecule has 0 aromatic heterocycles. The number of halogens is 1. The van der Waals surface area contributed by atoms with Gasteiger partial charge in [0.25, 0.3) is 0 Å². The van der Waals surface area contributed by atoms with Gasteiger partial charge in [-0.25, -0.2) is 0 Å². The third-order valence-corrected chi connectivity index (χ3v) is 5.60. The van der Waals surface area contributed by atoms with Crippen LogP contribution in [0.3, 0.4) is 0 Å². The van der Waals surface area contributed by atoms with Gasteiger partial charge in [-0.15, -0.1) is 24.0 Å². The molecular weight excluding hydrogens is 501 g/mol. The Hall–Kier alpha value is -2.13. The lowest BCUT2D eigenvalue weighted by atomic mass is 10.2. The number of aliphatic imine (C=N–C) groups is 1. The number of likely N-dealkylation sites (N-methyl/N-ethyl adjacent to an activating group) is 1. The van der Waals surface area contributed by atoms with Crippen molar-refractivity contribution in [3.63, 3.8) is 0 Å². The fourth-order valence-corrected chi connectivity index (χ4v) is 3.55. The zero-order valence-electron chi connectivity index (χ0n) is 18.7. The maximum Gasteiger partial charge on any atom is 0.227 e. The van der Waals surface area contributed by atoms with Crippen molar-refractivity contribution in [2.24, 2.45) is 4.99 Å². The molecule has 2 aromatic rings. The van der Waals surface area contributed by atoms with Crippen LogP contribution in [-0.2, 0) is 17.9 Å². The maximum atomic E-state index is 11.9. The van der Waals surface area contributed by atoms with E-state index in [2.05, 4.69) is 70.9 Å². The van der Waals surface area contributed by atoms with Gasteiger partial charge < -0.3 is 15.5 Å². The number of carbonyl (C=O) groups is 1. The van der Waals surface area contributed by atoms with Crippen LogP contribution in [0.25, 0.3) is 0 Å². The highest BCUT2D eigenvalue weighted by atomic mass is 127. The number of nitrogens with one attached hydrogen (secondary N) is 2. The average Bonchev–Trinajstić information content (AvgIpc) is 3.20. The van der Waals surface area contributed by atoms with Crippen LogP contribution in [0.2, 0.25) is 0 Å². The van der Waals surface area contributed by atoms with Gasteiger partial charge in [-0.05, 0) is 43.7 Å². The van der Waals surface area contributed by atoms with Crippen LogP contribution in [0.5, 0.6) is 0 Å². The molecule has 1 unspecified atom stereocenters. The first-order valence-corrected chi connectivity index (χ1v) is 10.6. The molecule has 6 nitrogen and oxygen atoms in total. The summed E-state index contributed by atoms with van der Waals surface area (Å²) in [5.41, 5.74) is 3.45. The predicted octanol–water partition coefficient (Wildman–Crippen LogP) is 3.62. The zero-order chi connectivity index (χ0) is 21.3. The number of anilines is 1. The minimum absolute atomic E-state index is 0. The number of benzene rings is 2. The summed E-state index contributed by atoms with van der Waals surface area (Å²) in [5.74, 6) is 1.01. The quantitative estimate of drug-likeness (QED) is 0.308. The molecule has 1 fully saturated rings. The topological polar surface area (TPSA) is 60.0 Å². The van der Waals surface area contributed by atoms with Crippen LogP contribution in [0.1, 0.15) is 30.9 Å². The normalized spacial score (nSPS) is 15.0. The van der Waals surface area contributed by atoms with Crippen molar-refractivity contribution in [2.45, 2.75) is 38.9 Å². The average molecular weight is 535 g/mol. The molecule has 168 valence electrons. The van der Waals surface area contributed by atoms with E-state index >= 15 is 0 Å². The van der Waals surface area contributed by atoms with E-state index in [0.29, 0.717) is 19.0 Å². The summed E-state index contributed by atoms with van der Waals surface area (Å²) in [5, 5.41) is 6.78. The Kier molecular flexibility index (Phi) is 10.3. The lowest BCUT2D eigenvalue weighted by Gasteiger charge is -2.26. The number of amides is 1. The number of guanidine groups is 1. The summed E-state index contributed by atoms with van der Waals surface area (Å²) in [6, 6.07) is 19.1. The molecule has 0 aliphatic carbocycles. The highest BCUT2D eigenvalue weighted by Crippen LogP contribution is 2.21. The minimum Gasteiger partial charge on any atom is -0.355 e. The van der Waals surface area contributed by atoms with Crippen molar-refractivity contribution in [1.29, 1.82) is 0 Å². The van der Waals surface area contributed by atoms with Crippen LogP contribution in [0.4, 0.5) is 5.69 Å². The molecule has 0 spiro atoms. The number of rotatable bonds is 8. The molecule has 7 heteroatoms. The van der Waals surface area contributed by atoms with Gasteiger partial charge in [0.05, 0.1) is 0 Å². The van der Waals surface area contributed by atoms with E-state index in [1.807, 2.05) is 23.1 Å². The first-order chi connectivity index (χ1) is 14.6. The molecule has 31 heavy (non-hydrogen) atoms. The summed E-state index contributed by atoms with van der Waals surface area (Å²) >= 11 is 0. The Morgan fingerprint density at radius 3 is 2.42 bits per heavy atom. The molecule has 3 rings (SSSR count). The first kappa shape index (κ1) is 25.1. The summed E-state index contributed by atoms with van der Waals surface area (Å²) in [4.78, 5) is 20.4. The van der Waals surface area contributed by atoms with E-state index in [0.717, 1.165) is 43.3 Å². The molecule has 1 heterocycles. The second-order valence-corrected chi connectivity index (χ2v) is 7.87. The Balaban J connectivity index is 0.00000341. The van der Waals surface area contributed by atoms with Gasteiger partial charge in [0.2, 0.25) is 5.91 Å². The van der Waals surface area contributed by atoms with Crippen LogP contribution >= 0.6 is 24.0 Å². The van der Waals surface area contributed by atoms with Crippen LogP contribution in [0, 0.1) is 0 Å². The largest absolute Gasteiger partial charge is 0.355 e. The van der Waals surface area contributed by atoms with Gasteiger partial charge in [-0.2, -0.15) is 0 Å². The van der Waals surface area contributed by atoms with Gasteiger partial charge in [0, 0.05) is 51.4 Å². The second kappa shape index (κ2) is 12.7. The fourth-order valence-electron chi connectivity index (χ4n) is 3.55. The predicted molar refractivity (Wildman–Crippen MR) is 139 cm³/mol. The van der Waals surface area contributed by atoms with Crippen LogP contribution in [0.15, 0.2) is 59.6 Å². The number of hydrogen-bond donors (Lipinski definition) is 2. The molecule has 1 aliphatic rings. The van der Waals surface area contributed by atoms with Crippen molar-refractivity contribution in [1.82, 2.24) is 15.5 Å². The SMILES string of the molecule is CN=C(NCc1ccc(N2CCCC2=O)cc1)NCC(C)N(C)Cc1ccccc1.I. The molecule has 1 atom stereocenters. The lowest BCUT2D eigenvalue weighted by molar-refractivity contribution is -0.117. The minimum atomic E-state index is 0. The first-order valence-electron chi connectivity index (χ1n) is 10.6. The van der Waals surface area contributed by atoms with E-state index in [1.165, 1.54) is 5.56 Å². The third kappa shape index (κ3) is 7.50. The van der Waals surface area contributed by atoms with Gasteiger partial charge >= 0.3 is 0 Å². The van der Waals surface area contributed by atoms with Gasteiger partial charge in [0.15, 0.2) is 5.96 Å². The van der Waals surface area contributed by atoms with E-state index in [4.69, 9.17) is 0 Å². The van der Waals surface area contributed by atoms with Crippen molar-refractivity contribution in [3.05, 3.63) is 65.7 Å². The van der Waals surface area contributed by atoms with Gasteiger partial charge in [0.1, 0.15) is 0 Å². The highest BCUT2D eigenvalue weighted by Gasteiger charge is 2.21. The zero-order valence-corrected chi connectivity index (χ0v) is 21.0. The van der Waals surface area contributed by atoms with E-state index in [1.54, 1.807) is 7.05 Å². The Morgan fingerprint density at radius 1 is 1.10 bits per heavy atom. The van der Waals surface area contributed by atoms with Crippen molar-refractivity contribution in [2.75, 3.05) is 32.1 Å². The van der Waals surface area contributed by atoms with Gasteiger partial charge in [-0.1, -0.05) is 42.5 Å². The Bertz CT molecular complexity index is 841. The van der Waals surface area contributed by atoms with Crippen LogP contribution < -0.4 is 15.5 Å². The van der Waals surface area contributed by atoms with E-state index in [-0.39, 0.29) is 29.9 Å². The molecule has 0 bridgehead atoms. The molecule has 1 aliphatic heterocycles. The Labute approximate surface area is 203 Å². The monoisotopic (exact) mass is 535 g/mol. The fraction of sp³-hybridized carbons (Fsp3) is 0.417. The molecule has 2 aromatic carbocycles. The number of hydrogen-bond acceptors (Lipinski definition) is 3. The van der Waals surface area contributed by atoms with Crippen LogP contribution in [-0.4, -0.2) is 50.0 Å². The van der Waals surface area contributed by atoms with Crippen molar-refractivity contribution < 1.29 is 4.79 Å². The molecule has 1 amide bonds. The highest BCUT2D eigenvalue weighted by molar-refractivity contribution is 14.0. The smallest absolute Gasteiger partial charge is 0.227 e. The molecule has 1 saturated heterocycles. The van der Waals surface area contributed by atoms with Gasteiger partial charge in [-0.3, -0.25) is 14.7 Å². The second-order valence-electron chi connectivity index (χ2n) is 7.87. The summed E-state index contributed by atoms with van der Waals surface area (Å²) < 4.78 is 0.